The van der Waals surface area contributed by atoms with Crippen LogP contribution in [-0.2, 0) is 20.2 Å². The molecular formula is C18H39NO6S2. The Hall–Kier alpha value is -0.220. The van der Waals surface area contributed by atoms with Gasteiger partial charge in [0.25, 0.3) is 20.2 Å². The second kappa shape index (κ2) is 15.7. The molecule has 0 heterocycles. The van der Waals surface area contributed by atoms with E-state index in [1.54, 1.807) is 0 Å². The van der Waals surface area contributed by atoms with Crippen molar-refractivity contribution in [1.29, 1.82) is 0 Å². The fraction of sp³-hybridized carbons (Fsp3) is 1.00. The van der Waals surface area contributed by atoms with E-state index in [1.165, 1.54) is 51.4 Å². The van der Waals surface area contributed by atoms with E-state index < -0.39 is 20.2 Å². The Morgan fingerprint density at radius 1 is 0.556 bits per heavy atom. The Kier molecular flexibility index (Phi) is 15.5. The first-order valence-corrected chi connectivity index (χ1v) is 13.5. The monoisotopic (exact) mass is 429 g/mol. The zero-order valence-electron chi connectivity index (χ0n) is 16.8. The molecule has 0 spiro atoms. The van der Waals surface area contributed by atoms with Crippen molar-refractivity contribution in [1.82, 2.24) is 4.90 Å². The predicted octanol–water partition coefficient (Wildman–Crippen LogP) is 3.77. The van der Waals surface area contributed by atoms with Crippen LogP contribution in [0, 0.1) is 0 Å². The van der Waals surface area contributed by atoms with Crippen molar-refractivity contribution in [3.05, 3.63) is 0 Å². The predicted molar refractivity (Wildman–Crippen MR) is 110 cm³/mol. The Labute approximate surface area is 166 Å². The second-order valence-corrected chi connectivity index (χ2v) is 10.4. The molecule has 27 heavy (non-hydrogen) atoms. The van der Waals surface area contributed by atoms with Crippen LogP contribution in [0.25, 0.3) is 0 Å². The molecule has 0 aromatic heterocycles. The van der Waals surface area contributed by atoms with Crippen molar-refractivity contribution >= 4 is 20.2 Å². The third-order valence-corrected chi connectivity index (χ3v) is 6.19. The molecule has 0 radical (unpaired) electrons. The van der Waals surface area contributed by atoms with E-state index in [-0.39, 0.29) is 11.5 Å². The zero-order valence-corrected chi connectivity index (χ0v) is 18.4. The highest BCUT2D eigenvalue weighted by Gasteiger charge is 2.11. The van der Waals surface area contributed by atoms with Gasteiger partial charge >= 0.3 is 0 Å². The largest absolute Gasteiger partial charge is 0.303 e. The molecule has 0 aliphatic carbocycles. The summed E-state index contributed by atoms with van der Waals surface area (Å²) in [5, 5.41) is 0. The van der Waals surface area contributed by atoms with Crippen LogP contribution < -0.4 is 0 Å². The van der Waals surface area contributed by atoms with Gasteiger partial charge in [-0.25, -0.2) is 0 Å². The summed E-state index contributed by atoms with van der Waals surface area (Å²) in [5.41, 5.74) is 0. The number of unbranched alkanes of at least 4 members (excludes halogenated alkanes) is 9. The van der Waals surface area contributed by atoms with E-state index in [2.05, 4.69) is 6.92 Å². The van der Waals surface area contributed by atoms with Crippen LogP contribution in [0.4, 0.5) is 0 Å². The maximum atomic E-state index is 10.8. The first-order chi connectivity index (χ1) is 12.6. The van der Waals surface area contributed by atoms with Gasteiger partial charge in [0.05, 0.1) is 11.5 Å². The normalized spacial score (nSPS) is 12.7. The molecule has 0 atom stereocenters. The molecule has 2 N–H and O–H groups in total. The maximum Gasteiger partial charge on any atom is 0.264 e. The highest BCUT2D eigenvalue weighted by Crippen LogP contribution is 2.11. The second-order valence-electron chi connectivity index (χ2n) is 7.30. The molecule has 0 aliphatic rings. The summed E-state index contributed by atoms with van der Waals surface area (Å²) in [6.07, 6.45) is 12.9. The van der Waals surface area contributed by atoms with Gasteiger partial charge in [0.2, 0.25) is 0 Å². The topological polar surface area (TPSA) is 112 Å². The summed E-state index contributed by atoms with van der Waals surface area (Å²) in [6, 6.07) is 0. The fourth-order valence-corrected chi connectivity index (χ4v) is 4.09. The van der Waals surface area contributed by atoms with Crippen LogP contribution >= 0.6 is 0 Å². The van der Waals surface area contributed by atoms with Crippen LogP contribution in [0.5, 0.6) is 0 Å². The van der Waals surface area contributed by atoms with Crippen LogP contribution in [0.15, 0.2) is 0 Å². The summed E-state index contributed by atoms with van der Waals surface area (Å²) >= 11 is 0. The van der Waals surface area contributed by atoms with E-state index >= 15 is 0 Å². The van der Waals surface area contributed by atoms with Gasteiger partial charge in [0.15, 0.2) is 0 Å². The molecule has 0 saturated heterocycles. The van der Waals surface area contributed by atoms with Gasteiger partial charge in [-0.2, -0.15) is 16.8 Å². The van der Waals surface area contributed by atoms with Gasteiger partial charge in [-0.15, -0.1) is 0 Å². The third kappa shape index (κ3) is 21.9. The number of hydrogen-bond donors (Lipinski definition) is 2. The average molecular weight is 430 g/mol. The zero-order chi connectivity index (χ0) is 20.6. The van der Waals surface area contributed by atoms with E-state index in [9.17, 15) is 16.8 Å². The Bertz CT molecular complexity index is 510. The van der Waals surface area contributed by atoms with Crippen molar-refractivity contribution in [2.75, 3.05) is 31.1 Å². The molecule has 0 fully saturated rings. The minimum absolute atomic E-state index is 0.292. The smallest absolute Gasteiger partial charge is 0.264 e. The van der Waals surface area contributed by atoms with Crippen molar-refractivity contribution in [2.45, 2.75) is 84.0 Å². The van der Waals surface area contributed by atoms with E-state index in [0.29, 0.717) is 25.9 Å². The first kappa shape index (κ1) is 26.8. The Morgan fingerprint density at radius 2 is 0.889 bits per heavy atom. The van der Waals surface area contributed by atoms with E-state index in [4.69, 9.17) is 9.11 Å². The van der Waals surface area contributed by atoms with Gasteiger partial charge in [-0.05, 0) is 38.9 Å². The molecule has 164 valence electrons. The third-order valence-electron chi connectivity index (χ3n) is 4.58. The number of rotatable bonds is 19. The molecule has 0 unspecified atom stereocenters. The van der Waals surface area contributed by atoms with Gasteiger partial charge in [-0.1, -0.05) is 64.7 Å². The minimum Gasteiger partial charge on any atom is -0.303 e. The molecule has 0 aromatic carbocycles. The van der Waals surface area contributed by atoms with Gasteiger partial charge < -0.3 is 4.90 Å². The molecule has 0 aliphatic heterocycles. The van der Waals surface area contributed by atoms with E-state index in [1.807, 2.05) is 4.90 Å². The maximum absolute atomic E-state index is 10.8. The molecule has 0 aromatic rings. The molecule has 0 bridgehead atoms. The first-order valence-electron chi connectivity index (χ1n) is 10.3. The lowest BCUT2D eigenvalue weighted by Gasteiger charge is -2.21. The lowest BCUT2D eigenvalue weighted by molar-refractivity contribution is 0.267. The number of hydrogen-bond acceptors (Lipinski definition) is 5. The highest BCUT2D eigenvalue weighted by molar-refractivity contribution is 7.86. The summed E-state index contributed by atoms with van der Waals surface area (Å²) in [6.45, 7) is 3.97. The minimum atomic E-state index is -3.97. The van der Waals surface area contributed by atoms with Crippen LogP contribution in [-0.4, -0.2) is 62.0 Å². The molecule has 0 rings (SSSR count). The van der Waals surface area contributed by atoms with Crippen molar-refractivity contribution in [2.24, 2.45) is 0 Å². The molecule has 7 nitrogen and oxygen atoms in total. The SMILES string of the molecule is CCCCCCCCCCCCN(CCCS(=O)(=O)O)CCCS(=O)(=O)O. The van der Waals surface area contributed by atoms with Crippen molar-refractivity contribution in [3.63, 3.8) is 0 Å². The average Bonchev–Trinajstić information content (AvgIpc) is 2.53. The summed E-state index contributed by atoms with van der Waals surface area (Å²) in [7, 11) is -7.94. The van der Waals surface area contributed by atoms with Crippen molar-refractivity contribution < 1.29 is 25.9 Å². The summed E-state index contributed by atoms with van der Waals surface area (Å²) in [4.78, 5) is 2.01. The Balaban J connectivity index is 3.94. The fourth-order valence-electron chi connectivity index (χ4n) is 3.10. The van der Waals surface area contributed by atoms with Crippen LogP contribution in [0.1, 0.15) is 84.0 Å². The van der Waals surface area contributed by atoms with Gasteiger partial charge in [0, 0.05) is 0 Å². The summed E-state index contributed by atoms with van der Waals surface area (Å²) in [5.74, 6) is -0.584. The molecule has 0 saturated carbocycles. The van der Waals surface area contributed by atoms with Crippen molar-refractivity contribution in [3.8, 4) is 0 Å². The summed E-state index contributed by atoms with van der Waals surface area (Å²) < 4.78 is 60.9. The van der Waals surface area contributed by atoms with Crippen LogP contribution in [0.2, 0.25) is 0 Å². The quantitative estimate of drug-likeness (QED) is 0.237. The van der Waals surface area contributed by atoms with E-state index in [0.717, 1.165) is 19.4 Å². The van der Waals surface area contributed by atoms with Crippen LogP contribution in [0.3, 0.4) is 0 Å². The lowest BCUT2D eigenvalue weighted by Crippen LogP contribution is -2.29. The molecule has 0 amide bonds. The standard InChI is InChI=1S/C18H39NO6S2/c1-2-3-4-5-6-7-8-9-10-11-14-19(15-12-17-26(20,21)22)16-13-18-27(23,24)25/h2-18H2,1H3,(H,20,21,22)(H,23,24,25). The highest BCUT2D eigenvalue weighted by atomic mass is 32.2. The lowest BCUT2D eigenvalue weighted by atomic mass is 10.1. The number of nitrogens with zero attached hydrogens (tertiary/aromatic N) is 1. The van der Waals surface area contributed by atoms with Gasteiger partial charge in [-0.3, -0.25) is 9.11 Å². The molecular weight excluding hydrogens is 390 g/mol. The Morgan fingerprint density at radius 3 is 1.26 bits per heavy atom. The molecule has 9 heteroatoms. The van der Waals surface area contributed by atoms with Gasteiger partial charge in [0.1, 0.15) is 0 Å².